The Hall–Kier alpha value is -1.51. The predicted molar refractivity (Wildman–Crippen MR) is 83.4 cm³/mol. The highest BCUT2D eigenvalue weighted by molar-refractivity contribution is 6.32. The molecule has 3 heteroatoms. The third-order valence-electron chi connectivity index (χ3n) is 3.68. The first kappa shape index (κ1) is 13.5. The molecule has 0 radical (unpaired) electrons. The molecule has 1 atom stereocenters. The van der Waals surface area contributed by atoms with Crippen LogP contribution in [0.15, 0.2) is 48.5 Å². The van der Waals surface area contributed by atoms with E-state index in [9.17, 15) is 0 Å². The summed E-state index contributed by atoms with van der Waals surface area (Å²) in [6.45, 7) is 2.87. The molecule has 0 spiro atoms. The Morgan fingerprint density at radius 2 is 1.95 bits per heavy atom. The molecule has 2 aromatic carbocycles. The Morgan fingerprint density at radius 1 is 1.10 bits per heavy atom. The molecular formula is C17H18ClNO. The summed E-state index contributed by atoms with van der Waals surface area (Å²) in [7, 11) is 0. The smallest absolute Gasteiger partial charge is 0.137 e. The zero-order valence-electron chi connectivity index (χ0n) is 11.3. The number of hydrogen-bond donors (Lipinski definition) is 1. The van der Waals surface area contributed by atoms with E-state index >= 15 is 0 Å². The largest absolute Gasteiger partial charge is 0.492 e. The molecule has 2 nitrogen and oxygen atoms in total. The molecule has 2 aromatic rings. The van der Waals surface area contributed by atoms with E-state index in [1.165, 1.54) is 12.0 Å². The van der Waals surface area contributed by atoms with E-state index < -0.39 is 0 Å². The summed E-state index contributed by atoms with van der Waals surface area (Å²) in [5.74, 6) is 1.37. The van der Waals surface area contributed by atoms with E-state index in [1.807, 2.05) is 30.3 Å². The Labute approximate surface area is 124 Å². The Morgan fingerprint density at radius 3 is 2.65 bits per heavy atom. The Bertz CT molecular complexity index is 564. The van der Waals surface area contributed by atoms with Crippen LogP contribution in [0.3, 0.4) is 0 Å². The summed E-state index contributed by atoms with van der Waals surface area (Å²) >= 11 is 6.32. The van der Waals surface area contributed by atoms with E-state index in [0.29, 0.717) is 10.9 Å². The first-order valence-corrected chi connectivity index (χ1v) is 7.39. The number of hydrogen-bond acceptors (Lipinski definition) is 2. The van der Waals surface area contributed by atoms with Gasteiger partial charge in [-0.1, -0.05) is 48.0 Å². The maximum Gasteiger partial charge on any atom is 0.137 e. The molecule has 1 fully saturated rings. The molecule has 0 aromatic heterocycles. The van der Waals surface area contributed by atoms with Gasteiger partial charge in [0.25, 0.3) is 0 Å². The van der Waals surface area contributed by atoms with Gasteiger partial charge < -0.3 is 10.1 Å². The molecule has 0 bridgehead atoms. The molecule has 0 amide bonds. The highest BCUT2D eigenvalue weighted by Gasteiger charge is 2.15. The lowest BCUT2D eigenvalue weighted by molar-refractivity contribution is 0.260. The fourth-order valence-corrected chi connectivity index (χ4v) is 2.73. The van der Waals surface area contributed by atoms with Gasteiger partial charge in [0.1, 0.15) is 5.75 Å². The molecule has 104 valence electrons. The molecule has 0 aliphatic carbocycles. The first-order chi connectivity index (χ1) is 9.83. The fraction of sp³-hybridized carbons (Fsp3) is 0.294. The lowest BCUT2D eigenvalue weighted by Crippen LogP contribution is -2.15. The van der Waals surface area contributed by atoms with Crippen LogP contribution in [-0.2, 0) is 0 Å². The highest BCUT2D eigenvalue weighted by Crippen LogP contribution is 2.30. The van der Waals surface area contributed by atoms with Crippen molar-refractivity contribution in [3.8, 4) is 16.9 Å². The zero-order valence-corrected chi connectivity index (χ0v) is 12.1. The van der Waals surface area contributed by atoms with Gasteiger partial charge in [0.15, 0.2) is 0 Å². The fourth-order valence-electron chi connectivity index (χ4n) is 2.49. The van der Waals surface area contributed by atoms with Crippen LogP contribution in [0.4, 0.5) is 0 Å². The van der Waals surface area contributed by atoms with Crippen molar-refractivity contribution in [3.63, 3.8) is 0 Å². The van der Waals surface area contributed by atoms with Crippen molar-refractivity contribution in [2.45, 2.75) is 6.42 Å². The normalized spacial score (nSPS) is 18.1. The van der Waals surface area contributed by atoms with Crippen molar-refractivity contribution in [3.05, 3.63) is 53.6 Å². The number of benzene rings is 2. The van der Waals surface area contributed by atoms with Gasteiger partial charge in [0, 0.05) is 12.5 Å². The average molecular weight is 288 g/mol. The molecule has 1 unspecified atom stereocenters. The van der Waals surface area contributed by atoms with Gasteiger partial charge >= 0.3 is 0 Å². The van der Waals surface area contributed by atoms with Crippen LogP contribution in [0.1, 0.15) is 6.42 Å². The van der Waals surface area contributed by atoms with Crippen LogP contribution in [0.2, 0.25) is 5.02 Å². The van der Waals surface area contributed by atoms with Crippen LogP contribution < -0.4 is 10.1 Å². The van der Waals surface area contributed by atoms with Crippen LogP contribution in [0, 0.1) is 5.92 Å². The van der Waals surface area contributed by atoms with Gasteiger partial charge in [-0.2, -0.15) is 0 Å². The second-order valence-electron chi connectivity index (χ2n) is 5.18. The standard InChI is InChI=1S/C17H18ClNO/c18-16-10-15(14-4-2-1-3-5-14)6-7-17(16)20-12-13-8-9-19-11-13/h1-7,10,13,19H,8-9,11-12H2. The minimum atomic E-state index is 0.597. The molecule has 1 heterocycles. The first-order valence-electron chi connectivity index (χ1n) is 7.01. The molecule has 20 heavy (non-hydrogen) atoms. The number of nitrogens with one attached hydrogen (secondary N) is 1. The highest BCUT2D eigenvalue weighted by atomic mass is 35.5. The lowest BCUT2D eigenvalue weighted by atomic mass is 10.1. The molecular weight excluding hydrogens is 270 g/mol. The van der Waals surface area contributed by atoms with Crippen LogP contribution in [-0.4, -0.2) is 19.7 Å². The molecule has 1 aliphatic rings. The summed E-state index contributed by atoms with van der Waals surface area (Å²) in [5, 5.41) is 4.02. The van der Waals surface area contributed by atoms with Gasteiger partial charge in [0.05, 0.1) is 11.6 Å². The van der Waals surface area contributed by atoms with Crippen LogP contribution in [0.25, 0.3) is 11.1 Å². The maximum atomic E-state index is 6.32. The summed E-state index contributed by atoms with van der Waals surface area (Å²) in [6, 6.07) is 16.2. The number of halogens is 1. The van der Waals surface area contributed by atoms with Crippen molar-refractivity contribution < 1.29 is 4.74 Å². The predicted octanol–water partition coefficient (Wildman–Crippen LogP) is 4.00. The summed E-state index contributed by atoms with van der Waals surface area (Å²) in [4.78, 5) is 0. The Kier molecular flexibility index (Phi) is 4.24. The van der Waals surface area contributed by atoms with E-state index in [0.717, 1.165) is 31.0 Å². The van der Waals surface area contributed by atoms with E-state index in [1.54, 1.807) is 0 Å². The van der Waals surface area contributed by atoms with E-state index in [4.69, 9.17) is 16.3 Å². The number of ether oxygens (including phenoxy) is 1. The SMILES string of the molecule is Clc1cc(-c2ccccc2)ccc1OCC1CCNC1. The zero-order chi connectivity index (χ0) is 13.8. The van der Waals surface area contributed by atoms with Gasteiger partial charge in [-0.25, -0.2) is 0 Å². The van der Waals surface area contributed by atoms with Gasteiger partial charge in [-0.3, -0.25) is 0 Å². The van der Waals surface area contributed by atoms with Gasteiger partial charge in [0.2, 0.25) is 0 Å². The quantitative estimate of drug-likeness (QED) is 0.918. The molecule has 0 saturated carbocycles. The van der Waals surface area contributed by atoms with Crippen molar-refractivity contribution in [2.24, 2.45) is 5.92 Å². The van der Waals surface area contributed by atoms with Crippen LogP contribution >= 0.6 is 11.6 Å². The molecule has 3 rings (SSSR count). The molecule has 1 saturated heterocycles. The van der Waals surface area contributed by atoms with Crippen LogP contribution in [0.5, 0.6) is 5.75 Å². The summed E-state index contributed by atoms with van der Waals surface area (Å²) in [5.41, 5.74) is 2.28. The summed E-state index contributed by atoms with van der Waals surface area (Å²) in [6.07, 6.45) is 1.18. The average Bonchev–Trinajstić information content (AvgIpc) is 3.00. The van der Waals surface area contributed by atoms with Gasteiger partial charge in [-0.15, -0.1) is 0 Å². The van der Waals surface area contributed by atoms with Crippen molar-refractivity contribution in [2.75, 3.05) is 19.7 Å². The minimum absolute atomic E-state index is 0.597. The second-order valence-corrected chi connectivity index (χ2v) is 5.59. The number of rotatable bonds is 4. The lowest BCUT2D eigenvalue weighted by Gasteiger charge is -2.13. The third-order valence-corrected chi connectivity index (χ3v) is 3.97. The van der Waals surface area contributed by atoms with E-state index in [2.05, 4.69) is 23.5 Å². The topological polar surface area (TPSA) is 21.3 Å². The van der Waals surface area contributed by atoms with E-state index in [-0.39, 0.29) is 0 Å². The van der Waals surface area contributed by atoms with Crippen molar-refractivity contribution >= 4 is 11.6 Å². The summed E-state index contributed by atoms with van der Waals surface area (Å²) < 4.78 is 5.84. The van der Waals surface area contributed by atoms with Crippen molar-refractivity contribution in [1.29, 1.82) is 0 Å². The Balaban J connectivity index is 1.71. The molecule has 1 aliphatic heterocycles. The monoisotopic (exact) mass is 287 g/mol. The van der Waals surface area contributed by atoms with Crippen molar-refractivity contribution in [1.82, 2.24) is 5.32 Å². The third kappa shape index (κ3) is 3.14. The second kappa shape index (κ2) is 6.29. The molecule has 1 N–H and O–H groups in total. The van der Waals surface area contributed by atoms with Gasteiger partial charge in [-0.05, 0) is 36.2 Å². The minimum Gasteiger partial charge on any atom is -0.492 e. The maximum absolute atomic E-state index is 6.32.